The average molecular weight is 359 g/mol. The fourth-order valence-electron chi connectivity index (χ4n) is 2.80. The smallest absolute Gasteiger partial charge is 0.270 e. The molecule has 3 rings (SSSR count). The lowest BCUT2D eigenvalue weighted by molar-refractivity contribution is 0.0932. The summed E-state index contributed by atoms with van der Waals surface area (Å²) in [6.45, 7) is 3.90. The molecule has 0 saturated carbocycles. The standard InChI is InChI=1S/C18H22FN5O2/c1-26-13-8-20-17(25)16-6-7-21-18(22-16)24-11-9-23(10-12-24)15-4-2-14(19)3-5-15/h2-7H,8-13H2,1H3,(H,20,25). The van der Waals surface area contributed by atoms with E-state index in [2.05, 4.69) is 20.2 Å². The SMILES string of the molecule is COCCNC(=O)c1ccnc(N2CCN(c3ccc(F)cc3)CC2)n1. The molecule has 1 aliphatic heterocycles. The molecule has 138 valence electrons. The van der Waals surface area contributed by atoms with Crippen LogP contribution in [-0.4, -0.2) is 62.3 Å². The maximum Gasteiger partial charge on any atom is 0.270 e. The van der Waals surface area contributed by atoms with Crippen LogP contribution in [0.3, 0.4) is 0 Å². The van der Waals surface area contributed by atoms with Gasteiger partial charge in [0.25, 0.3) is 5.91 Å². The third kappa shape index (κ3) is 4.45. The number of methoxy groups -OCH3 is 1. The predicted molar refractivity (Wildman–Crippen MR) is 97.1 cm³/mol. The molecule has 1 N–H and O–H groups in total. The van der Waals surface area contributed by atoms with Crippen molar-refractivity contribution in [1.29, 1.82) is 0 Å². The van der Waals surface area contributed by atoms with Crippen LogP contribution in [0, 0.1) is 5.82 Å². The normalized spacial score (nSPS) is 14.4. The van der Waals surface area contributed by atoms with Gasteiger partial charge < -0.3 is 19.9 Å². The number of piperazine rings is 1. The largest absolute Gasteiger partial charge is 0.383 e. The second-order valence-electron chi connectivity index (χ2n) is 5.94. The van der Waals surface area contributed by atoms with Crippen LogP contribution in [0.15, 0.2) is 36.5 Å². The number of benzene rings is 1. The number of nitrogens with zero attached hydrogens (tertiary/aromatic N) is 4. The first-order chi connectivity index (χ1) is 12.7. The van der Waals surface area contributed by atoms with E-state index in [1.165, 1.54) is 12.1 Å². The van der Waals surface area contributed by atoms with Gasteiger partial charge in [-0.25, -0.2) is 14.4 Å². The molecule has 0 bridgehead atoms. The molecule has 1 fully saturated rings. The number of aromatic nitrogens is 2. The molecule has 1 saturated heterocycles. The van der Waals surface area contributed by atoms with Gasteiger partial charge in [-0.2, -0.15) is 0 Å². The molecule has 0 aliphatic carbocycles. The van der Waals surface area contributed by atoms with Crippen molar-refractivity contribution in [1.82, 2.24) is 15.3 Å². The molecule has 0 radical (unpaired) electrons. The van der Waals surface area contributed by atoms with Crippen molar-refractivity contribution in [3.05, 3.63) is 48.0 Å². The van der Waals surface area contributed by atoms with Gasteiger partial charge in [-0.05, 0) is 30.3 Å². The summed E-state index contributed by atoms with van der Waals surface area (Å²) in [4.78, 5) is 25.0. The van der Waals surface area contributed by atoms with Crippen LogP contribution in [0.4, 0.5) is 16.0 Å². The molecule has 1 aromatic carbocycles. The van der Waals surface area contributed by atoms with Gasteiger partial charge in [-0.1, -0.05) is 0 Å². The van der Waals surface area contributed by atoms with Gasteiger partial charge in [-0.15, -0.1) is 0 Å². The summed E-state index contributed by atoms with van der Waals surface area (Å²) in [5, 5.41) is 2.75. The topological polar surface area (TPSA) is 70.6 Å². The Bertz CT molecular complexity index is 733. The van der Waals surface area contributed by atoms with E-state index in [4.69, 9.17) is 4.74 Å². The van der Waals surface area contributed by atoms with E-state index in [-0.39, 0.29) is 11.7 Å². The summed E-state index contributed by atoms with van der Waals surface area (Å²) >= 11 is 0. The van der Waals surface area contributed by atoms with E-state index in [1.807, 2.05) is 4.90 Å². The Kier molecular flexibility index (Phi) is 5.96. The Balaban J connectivity index is 1.59. The maximum atomic E-state index is 13.1. The molecule has 2 aromatic rings. The summed E-state index contributed by atoms with van der Waals surface area (Å²) in [7, 11) is 1.58. The number of ether oxygens (including phenoxy) is 1. The number of nitrogens with one attached hydrogen (secondary N) is 1. The fraction of sp³-hybridized carbons (Fsp3) is 0.389. The third-order valence-electron chi connectivity index (χ3n) is 4.22. The molecule has 1 aliphatic rings. The van der Waals surface area contributed by atoms with E-state index in [1.54, 1.807) is 31.5 Å². The molecule has 2 heterocycles. The Hall–Kier alpha value is -2.74. The van der Waals surface area contributed by atoms with Gasteiger partial charge >= 0.3 is 0 Å². The maximum absolute atomic E-state index is 13.1. The fourth-order valence-corrected chi connectivity index (χ4v) is 2.80. The van der Waals surface area contributed by atoms with Crippen LogP contribution in [0.5, 0.6) is 0 Å². The number of carbonyl (C=O) groups excluding carboxylic acids is 1. The highest BCUT2D eigenvalue weighted by Crippen LogP contribution is 2.18. The molecule has 0 atom stereocenters. The lowest BCUT2D eigenvalue weighted by Crippen LogP contribution is -2.47. The first kappa shape index (κ1) is 18.1. The van der Waals surface area contributed by atoms with Crippen LogP contribution < -0.4 is 15.1 Å². The number of hydrogen-bond donors (Lipinski definition) is 1. The third-order valence-corrected chi connectivity index (χ3v) is 4.22. The van der Waals surface area contributed by atoms with Crippen molar-refractivity contribution in [2.75, 3.05) is 56.2 Å². The van der Waals surface area contributed by atoms with Gasteiger partial charge in [-0.3, -0.25) is 4.79 Å². The lowest BCUT2D eigenvalue weighted by atomic mass is 10.2. The van der Waals surface area contributed by atoms with Gasteiger partial charge in [0, 0.05) is 51.7 Å². The van der Waals surface area contributed by atoms with Crippen molar-refractivity contribution in [3.8, 4) is 0 Å². The molecule has 1 aromatic heterocycles. The lowest BCUT2D eigenvalue weighted by Gasteiger charge is -2.36. The van der Waals surface area contributed by atoms with Gasteiger partial charge in [0.1, 0.15) is 11.5 Å². The number of rotatable bonds is 6. The molecule has 0 unspecified atom stereocenters. The number of carbonyl (C=O) groups is 1. The van der Waals surface area contributed by atoms with Crippen LogP contribution >= 0.6 is 0 Å². The van der Waals surface area contributed by atoms with Crippen molar-refractivity contribution in [2.45, 2.75) is 0 Å². The Morgan fingerprint density at radius 2 is 1.85 bits per heavy atom. The highest BCUT2D eigenvalue weighted by atomic mass is 19.1. The van der Waals surface area contributed by atoms with E-state index in [9.17, 15) is 9.18 Å². The van der Waals surface area contributed by atoms with Crippen molar-refractivity contribution in [3.63, 3.8) is 0 Å². The van der Waals surface area contributed by atoms with Crippen LogP contribution in [-0.2, 0) is 4.74 Å². The summed E-state index contributed by atoms with van der Waals surface area (Å²) in [6.07, 6.45) is 1.60. The van der Waals surface area contributed by atoms with Crippen LogP contribution in [0.1, 0.15) is 10.5 Å². The molecular weight excluding hydrogens is 337 g/mol. The minimum Gasteiger partial charge on any atom is -0.383 e. The Morgan fingerprint density at radius 3 is 2.54 bits per heavy atom. The monoisotopic (exact) mass is 359 g/mol. The quantitative estimate of drug-likeness (QED) is 0.785. The summed E-state index contributed by atoms with van der Waals surface area (Å²) in [5.41, 5.74) is 1.34. The number of anilines is 2. The zero-order valence-electron chi connectivity index (χ0n) is 14.7. The first-order valence-electron chi connectivity index (χ1n) is 8.53. The highest BCUT2D eigenvalue weighted by molar-refractivity contribution is 5.92. The van der Waals surface area contributed by atoms with Gasteiger partial charge in [0.05, 0.1) is 6.61 Å². The van der Waals surface area contributed by atoms with Crippen LogP contribution in [0.25, 0.3) is 0 Å². The second kappa shape index (κ2) is 8.57. The minimum absolute atomic E-state index is 0.235. The van der Waals surface area contributed by atoms with Crippen molar-refractivity contribution >= 4 is 17.5 Å². The summed E-state index contributed by atoms with van der Waals surface area (Å²) < 4.78 is 18.0. The van der Waals surface area contributed by atoms with Crippen LogP contribution in [0.2, 0.25) is 0 Å². The Labute approximate surface area is 151 Å². The molecular formula is C18H22FN5O2. The average Bonchev–Trinajstić information content (AvgIpc) is 2.69. The van der Waals surface area contributed by atoms with Crippen molar-refractivity contribution in [2.24, 2.45) is 0 Å². The number of halogens is 1. The van der Waals surface area contributed by atoms with E-state index < -0.39 is 0 Å². The van der Waals surface area contributed by atoms with Gasteiger partial charge in [0.15, 0.2) is 0 Å². The molecule has 26 heavy (non-hydrogen) atoms. The summed E-state index contributed by atoms with van der Waals surface area (Å²) in [6, 6.07) is 8.10. The van der Waals surface area contributed by atoms with E-state index in [0.29, 0.717) is 24.8 Å². The van der Waals surface area contributed by atoms with Crippen molar-refractivity contribution < 1.29 is 13.9 Å². The molecule has 1 amide bonds. The molecule has 0 spiro atoms. The highest BCUT2D eigenvalue weighted by Gasteiger charge is 2.20. The Morgan fingerprint density at radius 1 is 1.15 bits per heavy atom. The zero-order chi connectivity index (χ0) is 18.4. The van der Waals surface area contributed by atoms with E-state index >= 15 is 0 Å². The number of amides is 1. The van der Waals surface area contributed by atoms with Gasteiger partial charge in [0.2, 0.25) is 5.95 Å². The minimum atomic E-state index is -0.240. The molecule has 7 nitrogen and oxygen atoms in total. The first-order valence-corrected chi connectivity index (χ1v) is 8.53. The summed E-state index contributed by atoms with van der Waals surface area (Å²) in [5.74, 6) is 0.0696. The zero-order valence-corrected chi connectivity index (χ0v) is 14.7. The number of hydrogen-bond acceptors (Lipinski definition) is 6. The molecule has 8 heteroatoms. The second-order valence-corrected chi connectivity index (χ2v) is 5.94. The predicted octanol–water partition coefficient (Wildman–Crippen LogP) is 1.32. The van der Waals surface area contributed by atoms with E-state index in [0.717, 1.165) is 31.9 Å².